The molecule has 0 radical (unpaired) electrons. The highest BCUT2D eigenvalue weighted by atomic mass is 79.9. The van der Waals surface area contributed by atoms with Crippen molar-refractivity contribution in [2.75, 3.05) is 14.2 Å². The quantitative estimate of drug-likeness (QED) is 0.694. The van der Waals surface area contributed by atoms with E-state index in [0.29, 0.717) is 5.75 Å². The van der Waals surface area contributed by atoms with E-state index in [-0.39, 0.29) is 5.75 Å². The van der Waals surface area contributed by atoms with Gasteiger partial charge in [-0.15, -0.1) is 0 Å². The van der Waals surface area contributed by atoms with Crippen LogP contribution in [0.25, 0.3) is 23.1 Å². The van der Waals surface area contributed by atoms with Crippen molar-refractivity contribution in [2.45, 2.75) is 0 Å². The predicted octanol–water partition coefficient (Wildman–Crippen LogP) is 4.89. The highest BCUT2D eigenvalue weighted by Crippen LogP contribution is 2.33. The highest BCUT2D eigenvalue weighted by Gasteiger charge is 2.06. The van der Waals surface area contributed by atoms with E-state index in [1.807, 2.05) is 42.5 Å². The zero-order chi connectivity index (χ0) is 17.1. The van der Waals surface area contributed by atoms with Crippen LogP contribution in [0.5, 0.6) is 17.2 Å². The number of para-hydroxylation sites is 1. The van der Waals surface area contributed by atoms with Gasteiger partial charge >= 0.3 is 0 Å². The number of benzene rings is 2. The van der Waals surface area contributed by atoms with Crippen molar-refractivity contribution in [3.63, 3.8) is 0 Å². The summed E-state index contributed by atoms with van der Waals surface area (Å²) < 4.78 is 11.3. The first-order valence-corrected chi connectivity index (χ1v) is 8.10. The molecule has 0 aliphatic heterocycles. The smallest absolute Gasteiger partial charge is 0.161 e. The molecule has 3 aromatic rings. The summed E-state index contributed by atoms with van der Waals surface area (Å²) in [5, 5.41) is 10.8. The summed E-state index contributed by atoms with van der Waals surface area (Å²) in [4.78, 5) is 4.64. The van der Waals surface area contributed by atoms with Crippen molar-refractivity contribution in [1.29, 1.82) is 0 Å². The molecule has 0 aliphatic rings. The molecule has 0 fully saturated rings. The molecule has 2 aromatic carbocycles. The fraction of sp³-hybridized carbons (Fsp3) is 0.105. The Balaban J connectivity index is 1.99. The van der Waals surface area contributed by atoms with Gasteiger partial charge in [0.2, 0.25) is 0 Å². The van der Waals surface area contributed by atoms with Gasteiger partial charge in [0.05, 0.1) is 19.9 Å². The maximum Gasteiger partial charge on any atom is 0.161 e. The van der Waals surface area contributed by atoms with Crippen molar-refractivity contribution < 1.29 is 14.6 Å². The number of nitrogens with zero attached hydrogens (tertiary/aromatic N) is 1. The van der Waals surface area contributed by atoms with Crippen LogP contribution in [0.15, 0.2) is 46.9 Å². The zero-order valence-corrected chi connectivity index (χ0v) is 14.9. The molecule has 24 heavy (non-hydrogen) atoms. The number of rotatable bonds is 4. The summed E-state index contributed by atoms with van der Waals surface area (Å²) in [6, 6.07) is 13.2. The number of phenols is 1. The molecule has 1 heterocycles. The van der Waals surface area contributed by atoms with Gasteiger partial charge in [0.25, 0.3) is 0 Å². The average molecular weight is 386 g/mol. The van der Waals surface area contributed by atoms with Gasteiger partial charge in [-0.1, -0.05) is 40.2 Å². The third-order valence-electron chi connectivity index (χ3n) is 3.66. The predicted molar refractivity (Wildman–Crippen MR) is 99.6 cm³/mol. The lowest BCUT2D eigenvalue weighted by Gasteiger charge is -2.07. The van der Waals surface area contributed by atoms with Gasteiger partial charge in [-0.2, -0.15) is 0 Å². The maximum atomic E-state index is 9.77. The van der Waals surface area contributed by atoms with E-state index in [1.165, 1.54) is 7.11 Å². The van der Waals surface area contributed by atoms with Gasteiger partial charge in [0.15, 0.2) is 11.5 Å². The van der Waals surface area contributed by atoms with E-state index >= 15 is 0 Å². The second kappa shape index (κ2) is 6.93. The third-order valence-corrected chi connectivity index (χ3v) is 4.34. The van der Waals surface area contributed by atoms with Gasteiger partial charge in [-0.05, 0) is 35.9 Å². The number of halogens is 1. The molecule has 0 saturated heterocycles. The van der Waals surface area contributed by atoms with E-state index < -0.39 is 0 Å². The molecule has 1 N–H and O–H groups in total. The molecular weight excluding hydrogens is 370 g/mol. The summed E-state index contributed by atoms with van der Waals surface area (Å²) >= 11 is 3.44. The van der Waals surface area contributed by atoms with Gasteiger partial charge in [-0.3, -0.25) is 0 Å². The van der Waals surface area contributed by atoms with Crippen LogP contribution in [0.4, 0.5) is 0 Å². The van der Waals surface area contributed by atoms with E-state index in [2.05, 4.69) is 20.9 Å². The molecule has 0 bridgehead atoms. The topological polar surface area (TPSA) is 51.6 Å². The van der Waals surface area contributed by atoms with Crippen molar-refractivity contribution >= 4 is 39.0 Å². The van der Waals surface area contributed by atoms with Gasteiger partial charge in [0.1, 0.15) is 11.3 Å². The molecule has 3 rings (SSSR count). The molecule has 5 heteroatoms. The Morgan fingerprint density at radius 2 is 1.79 bits per heavy atom. The molecule has 4 nitrogen and oxygen atoms in total. The molecule has 0 amide bonds. The molecule has 0 aliphatic carbocycles. The van der Waals surface area contributed by atoms with Crippen LogP contribution in [0, 0.1) is 0 Å². The molecule has 122 valence electrons. The summed E-state index contributed by atoms with van der Waals surface area (Å²) in [5.41, 5.74) is 2.52. The Morgan fingerprint density at radius 3 is 2.54 bits per heavy atom. The standard InChI is InChI=1S/C19H16BrNO3/c1-23-17-5-3-4-12-6-8-14(21-19(12)17)9-7-13-10-18(24-2)16(22)11-15(13)20/h3-11,22H,1-2H3/b9-7+. The van der Waals surface area contributed by atoms with Crippen LogP contribution in [0.1, 0.15) is 11.3 Å². The number of hydrogen-bond acceptors (Lipinski definition) is 4. The summed E-state index contributed by atoms with van der Waals surface area (Å²) in [5.74, 6) is 1.26. The number of methoxy groups -OCH3 is 2. The van der Waals surface area contributed by atoms with Crippen LogP contribution >= 0.6 is 15.9 Å². The second-order valence-corrected chi connectivity index (χ2v) is 6.00. The maximum absolute atomic E-state index is 9.77. The molecule has 1 aromatic heterocycles. The van der Waals surface area contributed by atoms with Gasteiger partial charge < -0.3 is 14.6 Å². The molecule has 0 saturated carbocycles. The molecule has 0 atom stereocenters. The highest BCUT2D eigenvalue weighted by molar-refractivity contribution is 9.10. The van der Waals surface area contributed by atoms with E-state index in [1.54, 1.807) is 19.2 Å². The lowest BCUT2D eigenvalue weighted by molar-refractivity contribution is 0.373. The first-order chi connectivity index (χ1) is 11.6. The van der Waals surface area contributed by atoms with Gasteiger partial charge in [-0.25, -0.2) is 4.98 Å². The minimum absolute atomic E-state index is 0.0927. The Kier molecular flexibility index (Phi) is 4.71. The Bertz CT molecular complexity index is 922. The molecule has 0 unspecified atom stereocenters. The van der Waals surface area contributed by atoms with Crippen LogP contribution in [-0.4, -0.2) is 24.3 Å². The second-order valence-electron chi connectivity index (χ2n) is 5.15. The summed E-state index contributed by atoms with van der Waals surface area (Å²) in [6.07, 6.45) is 3.82. The molecular formula is C19H16BrNO3. The minimum atomic E-state index is 0.0927. The van der Waals surface area contributed by atoms with E-state index in [0.717, 1.165) is 32.4 Å². The fourth-order valence-corrected chi connectivity index (χ4v) is 2.88. The zero-order valence-electron chi connectivity index (χ0n) is 13.3. The lowest BCUT2D eigenvalue weighted by Crippen LogP contribution is -1.89. The van der Waals surface area contributed by atoms with Crippen LogP contribution < -0.4 is 9.47 Å². The number of hydrogen-bond donors (Lipinski definition) is 1. The third kappa shape index (κ3) is 3.21. The van der Waals surface area contributed by atoms with Crippen molar-refractivity contribution in [1.82, 2.24) is 4.98 Å². The monoisotopic (exact) mass is 385 g/mol. The Hall–Kier alpha value is -2.53. The first kappa shape index (κ1) is 16.3. The minimum Gasteiger partial charge on any atom is -0.504 e. The lowest BCUT2D eigenvalue weighted by atomic mass is 10.1. The molecule has 0 spiro atoms. The summed E-state index contributed by atoms with van der Waals surface area (Å²) in [7, 11) is 3.16. The Labute approximate surface area is 148 Å². The average Bonchev–Trinajstić information content (AvgIpc) is 2.60. The SMILES string of the molecule is COc1cc(/C=C/c2ccc3cccc(OC)c3n2)c(Br)cc1O. The van der Waals surface area contributed by atoms with Crippen LogP contribution in [0.3, 0.4) is 0 Å². The number of ether oxygens (including phenoxy) is 2. The largest absolute Gasteiger partial charge is 0.504 e. The first-order valence-electron chi connectivity index (χ1n) is 7.30. The van der Waals surface area contributed by atoms with Gasteiger partial charge in [0, 0.05) is 9.86 Å². The Morgan fingerprint density at radius 1 is 1.00 bits per heavy atom. The number of phenolic OH excluding ortho intramolecular Hbond substituents is 1. The number of fused-ring (bicyclic) bond motifs is 1. The normalized spacial score (nSPS) is 11.1. The number of aromatic nitrogens is 1. The van der Waals surface area contributed by atoms with E-state index in [4.69, 9.17) is 9.47 Å². The number of aromatic hydroxyl groups is 1. The van der Waals surface area contributed by atoms with E-state index in [9.17, 15) is 5.11 Å². The van der Waals surface area contributed by atoms with Crippen LogP contribution in [0.2, 0.25) is 0 Å². The van der Waals surface area contributed by atoms with Crippen molar-refractivity contribution in [3.8, 4) is 17.2 Å². The summed E-state index contributed by atoms with van der Waals surface area (Å²) in [6.45, 7) is 0. The van der Waals surface area contributed by atoms with Crippen molar-refractivity contribution in [3.05, 3.63) is 58.2 Å². The number of pyridine rings is 1. The fourth-order valence-electron chi connectivity index (χ4n) is 2.42. The van der Waals surface area contributed by atoms with Crippen molar-refractivity contribution in [2.24, 2.45) is 0 Å². The van der Waals surface area contributed by atoms with Crippen LogP contribution in [-0.2, 0) is 0 Å².